The molecule has 7 nitrogen and oxygen atoms in total. The summed E-state index contributed by atoms with van der Waals surface area (Å²) in [6, 6.07) is 8.12. The first-order valence-electron chi connectivity index (χ1n) is 10.0. The van der Waals surface area contributed by atoms with Crippen LogP contribution < -0.4 is 10.1 Å². The van der Waals surface area contributed by atoms with E-state index in [1.165, 1.54) is 16.2 Å². The molecule has 31 heavy (non-hydrogen) atoms. The van der Waals surface area contributed by atoms with Gasteiger partial charge in [-0.15, -0.1) is 21.5 Å². The zero-order chi connectivity index (χ0) is 21.8. The second-order valence-electron chi connectivity index (χ2n) is 7.31. The molecular weight excluding hydrogens is 432 g/mol. The fourth-order valence-electron chi connectivity index (χ4n) is 3.44. The highest BCUT2D eigenvalue weighted by atomic mass is 32.2. The first-order chi connectivity index (χ1) is 15.0. The number of aryl methyl sites for hydroxylation is 2. The minimum Gasteiger partial charge on any atom is -0.484 e. The summed E-state index contributed by atoms with van der Waals surface area (Å²) in [4.78, 5) is 13.6. The average molecular weight is 455 g/mol. The summed E-state index contributed by atoms with van der Waals surface area (Å²) in [7, 11) is 0. The highest BCUT2D eigenvalue weighted by Crippen LogP contribution is 2.37. The average Bonchev–Trinajstić information content (AvgIpc) is 3.37. The van der Waals surface area contributed by atoms with Gasteiger partial charge >= 0.3 is 0 Å². The number of nitrogens with zero attached hydrogens (tertiary/aromatic N) is 3. The van der Waals surface area contributed by atoms with Gasteiger partial charge in [0.2, 0.25) is 5.91 Å². The van der Waals surface area contributed by atoms with Crippen LogP contribution in [0.25, 0.3) is 0 Å². The van der Waals surface area contributed by atoms with Crippen LogP contribution in [0.5, 0.6) is 5.75 Å². The fraction of sp³-hybridized carbons (Fsp3) is 0.364. The third-order valence-electron chi connectivity index (χ3n) is 5.22. The van der Waals surface area contributed by atoms with Crippen molar-refractivity contribution in [1.82, 2.24) is 10.2 Å². The van der Waals surface area contributed by atoms with Crippen LogP contribution in [0.4, 0.5) is 5.00 Å². The van der Waals surface area contributed by atoms with Gasteiger partial charge in [-0.1, -0.05) is 23.9 Å². The predicted molar refractivity (Wildman–Crippen MR) is 120 cm³/mol. The van der Waals surface area contributed by atoms with Crippen LogP contribution in [0.1, 0.15) is 45.9 Å². The van der Waals surface area contributed by atoms with E-state index < -0.39 is 0 Å². The number of benzene rings is 1. The van der Waals surface area contributed by atoms with E-state index in [-0.39, 0.29) is 18.3 Å². The molecule has 1 aliphatic rings. The van der Waals surface area contributed by atoms with Crippen molar-refractivity contribution >= 4 is 34.0 Å². The van der Waals surface area contributed by atoms with E-state index in [0.29, 0.717) is 21.7 Å². The Balaban J connectivity index is 1.31. The molecule has 0 atom stereocenters. The Kier molecular flexibility index (Phi) is 6.59. The Labute approximate surface area is 188 Å². The standard InChI is InChI=1S/C22H22N4O3S2/c1-13-6-5-8-17(14(13)2)28-11-20-25-26-22(29-20)30-12-19(27)24-21-16(10-23)15-7-3-4-9-18(15)31-21/h5-6,8H,3-4,7,9,11-12H2,1-2H3,(H,24,27). The molecule has 1 aromatic carbocycles. The van der Waals surface area contributed by atoms with Crippen molar-refractivity contribution in [2.75, 3.05) is 11.1 Å². The zero-order valence-corrected chi connectivity index (χ0v) is 19.0. The molecule has 3 aromatic rings. The number of amides is 1. The molecule has 160 valence electrons. The smallest absolute Gasteiger partial charge is 0.277 e. The van der Waals surface area contributed by atoms with Gasteiger partial charge in [0.1, 0.15) is 16.8 Å². The number of thiophene rings is 1. The minimum absolute atomic E-state index is 0.118. The number of carbonyl (C=O) groups excluding carboxylic acids is 1. The van der Waals surface area contributed by atoms with Crippen molar-refractivity contribution in [3.05, 3.63) is 51.2 Å². The Morgan fingerprint density at radius 2 is 2.16 bits per heavy atom. The summed E-state index contributed by atoms with van der Waals surface area (Å²) >= 11 is 2.67. The van der Waals surface area contributed by atoms with Crippen LogP contribution >= 0.6 is 23.1 Å². The first-order valence-corrected chi connectivity index (χ1v) is 11.8. The van der Waals surface area contributed by atoms with Gasteiger partial charge in [-0.05, 0) is 62.3 Å². The number of carbonyl (C=O) groups is 1. The van der Waals surface area contributed by atoms with E-state index in [0.717, 1.165) is 59.9 Å². The van der Waals surface area contributed by atoms with Crippen LogP contribution in [0.3, 0.4) is 0 Å². The quantitative estimate of drug-likeness (QED) is 0.511. The predicted octanol–water partition coefficient (Wildman–Crippen LogP) is 4.81. The normalized spacial score (nSPS) is 12.8. The monoisotopic (exact) mass is 454 g/mol. The number of thioether (sulfide) groups is 1. The van der Waals surface area contributed by atoms with E-state index in [2.05, 4.69) is 21.6 Å². The maximum Gasteiger partial charge on any atom is 0.277 e. The Morgan fingerprint density at radius 3 is 3.00 bits per heavy atom. The molecule has 1 N–H and O–H groups in total. The minimum atomic E-state index is -0.202. The van der Waals surface area contributed by atoms with Crippen LogP contribution in [0.2, 0.25) is 0 Å². The number of anilines is 1. The molecule has 4 rings (SSSR count). The summed E-state index contributed by atoms with van der Waals surface area (Å²) in [5.41, 5.74) is 3.94. The largest absolute Gasteiger partial charge is 0.484 e. The molecule has 0 saturated carbocycles. The number of hydrogen-bond donors (Lipinski definition) is 1. The van der Waals surface area contributed by atoms with Gasteiger partial charge in [0.15, 0.2) is 6.61 Å². The van der Waals surface area contributed by atoms with E-state index in [1.54, 1.807) is 0 Å². The van der Waals surface area contributed by atoms with Crippen molar-refractivity contribution < 1.29 is 13.9 Å². The van der Waals surface area contributed by atoms with Crippen LogP contribution in [-0.2, 0) is 24.2 Å². The van der Waals surface area contributed by atoms with Crippen molar-refractivity contribution in [3.63, 3.8) is 0 Å². The van der Waals surface area contributed by atoms with Gasteiger partial charge < -0.3 is 14.5 Å². The summed E-state index contributed by atoms with van der Waals surface area (Å²) in [6.45, 7) is 4.19. The number of hydrogen-bond acceptors (Lipinski definition) is 8. The lowest BCUT2D eigenvalue weighted by Crippen LogP contribution is -2.14. The Morgan fingerprint density at radius 1 is 1.32 bits per heavy atom. The van der Waals surface area contributed by atoms with Gasteiger partial charge in [0.25, 0.3) is 11.1 Å². The second-order valence-corrected chi connectivity index (χ2v) is 9.34. The maximum absolute atomic E-state index is 12.4. The molecule has 9 heteroatoms. The second kappa shape index (κ2) is 9.54. The lowest BCUT2D eigenvalue weighted by atomic mass is 9.96. The number of rotatable bonds is 7. The van der Waals surface area contributed by atoms with Gasteiger partial charge in [-0.3, -0.25) is 4.79 Å². The van der Waals surface area contributed by atoms with Crippen LogP contribution in [-0.4, -0.2) is 21.9 Å². The van der Waals surface area contributed by atoms with E-state index in [1.807, 2.05) is 32.0 Å². The molecule has 0 radical (unpaired) electrons. The molecule has 0 saturated heterocycles. The molecule has 0 fully saturated rings. The summed E-state index contributed by atoms with van der Waals surface area (Å²) < 4.78 is 11.3. The van der Waals surface area contributed by atoms with Gasteiger partial charge in [-0.2, -0.15) is 5.26 Å². The third-order valence-corrected chi connectivity index (χ3v) is 7.24. The molecule has 1 aliphatic carbocycles. The topological polar surface area (TPSA) is 101 Å². The highest BCUT2D eigenvalue weighted by molar-refractivity contribution is 7.99. The molecular formula is C22H22N4O3S2. The number of nitriles is 1. The molecule has 0 unspecified atom stereocenters. The van der Waals surface area contributed by atoms with Crippen molar-refractivity contribution in [1.29, 1.82) is 5.26 Å². The Bertz CT molecular complexity index is 1150. The third kappa shape index (κ3) is 4.92. The van der Waals surface area contributed by atoms with Crippen LogP contribution in [0, 0.1) is 25.2 Å². The molecule has 2 aromatic heterocycles. The summed E-state index contributed by atoms with van der Waals surface area (Å²) in [5, 5.41) is 21.3. The highest BCUT2D eigenvalue weighted by Gasteiger charge is 2.22. The maximum atomic E-state index is 12.4. The van der Waals surface area contributed by atoms with Gasteiger partial charge in [-0.25, -0.2) is 0 Å². The molecule has 0 spiro atoms. The first kappa shape index (κ1) is 21.4. The van der Waals surface area contributed by atoms with Gasteiger partial charge in [0.05, 0.1) is 11.3 Å². The molecule has 0 aliphatic heterocycles. The Hall–Kier alpha value is -2.83. The molecule has 2 heterocycles. The number of ether oxygens (including phenoxy) is 1. The van der Waals surface area contributed by atoms with Crippen LogP contribution in [0.15, 0.2) is 27.8 Å². The molecule has 0 bridgehead atoms. The van der Waals surface area contributed by atoms with E-state index in [9.17, 15) is 10.1 Å². The number of fused-ring (bicyclic) bond motifs is 1. The van der Waals surface area contributed by atoms with Crippen molar-refractivity contribution in [3.8, 4) is 11.8 Å². The lowest BCUT2D eigenvalue weighted by Gasteiger charge is -2.09. The summed E-state index contributed by atoms with van der Waals surface area (Å²) in [5.74, 6) is 1.04. The van der Waals surface area contributed by atoms with Gasteiger partial charge in [0, 0.05) is 4.88 Å². The fourth-order valence-corrected chi connectivity index (χ4v) is 5.27. The van der Waals surface area contributed by atoms with E-state index >= 15 is 0 Å². The zero-order valence-electron chi connectivity index (χ0n) is 17.4. The van der Waals surface area contributed by atoms with Crippen molar-refractivity contribution in [2.24, 2.45) is 0 Å². The SMILES string of the molecule is Cc1cccc(OCc2nnc(SCC(=O)Nc3sc4c(c3C#N)CCCC4)o2)c1C. The molecule has 1 amide bonds. The van der Waals surface area contributed by atoms with E-state index in [4.69, 9.17) is 9.15 Å². The lowest BCUT2D eigenvalue weighted by molar-refractivity contribution is -0.113. The number of aromatic nitrogens is 2. The number of nitrogens with one attached hydrogen (secondary N) is 1. The van der Waals surface area contributed by atoms with Crippen molar-refractivity contribution in [2.45, 2.75) is 51.4 Å². The summed E-state index contributed by atoms with van der Waals surface area (Å²) in [6.07, 6.45) is 4.12.